The summed E-state index contributed by atoms with van der Waals surface area (Å²) in [7, 11) is 1.33. The van der Waals surface area contributed by atoms with E-state index in [-0.39, 0.29) is 12.2 Å². The van der Waals surface area contributed by atoms with Crippen molar-refractivity contribution >= 4 is 11.7 Å². The van der Waals surface area contributed by atoms with Crippen molar-refractivity contribution in [2.45, 2.75) is 6.10 Å². The maximum atomic E-state index is 10.6. The zero-order valence-electron chi connectivity index (χ0n) is 8.67. The molecule has 0 aliphatic heterocycles. The number of ether oxygens (including phenoxy) is 1. The Labute approximate surface area is 92.5 Å². The number of methoxy groups -OCH3 is 1. The van der Waals surface area contributed by atoms with Gasteiger partial charge in [-0.1, -0.05) is 0 Å². The number of nitrogens with one attached hydrogen (secondary N) is 1. The molecule has 0 aliphatic carbocycles. The molecule has 0 amide bonds. The van der Waals surface area contributed by atoms with Crippen LogP contribution < -0.4 is 5.32 Å². The fourth-order valence-corrected chi connectivity index (χ4v) is 1.08. The molecule has 0 aromatic carbocycles. The Kier molecular flexibility index (Phi) is 4.24. The Bertz CT molecular complexity index is 414. The van der Waals surface area contributed by atoms with Crippen molar-refractivity contribution in [1.82, 2.24) is 4.98 Å². The molecule has 1 rings (SSSR count). The highest BCUT2D eigenvalue weighted by Crippen LogP contribution is 2.07. The van der Waals surface area contributed by atoms with E-state index in [9.17, 15) is 4.79 Å². The van der Waals surface area contributed by atoms with Gasteiger partial charge in [0.05, 0.1) is 6.54 Å². The Morgan fingerprint density at radius 2 is 2.56 bits per heavy atom. The molecular formula is C10H11N3O3. The van der Waals surface area contributed by atoms with Gasteiger partial charge in [0.1, 0.15) is 11.8 Å². The maximum absolute atomic E-state index is 10.6. The lowest BCUT2D eigenvalue weighted by atomic mass is 10.3. The van der Waals surface area contributed by atoms with Crippen LogP contribution in [0.5, 0.6) is 0 Å². The third-order valence-corrected chi connectivity index (χ3v) is 1.93. The lowest BCUT2D eigenvalue weighted by molar-refractivity contribution is -0.147. The average molecular weight is 221 g/mol. The van der Waals surface area contributed by atoms with Gasteiger partial charge in [0.25, 0.3) is 0 Å². The van der Waals surface area contributed by atoms with E-state index in [0.29, 0.717) is 5.69 Å². The number of pyridine rings is 1. The van der Waals surface area contributed by atoms with Crippen LogP contribution in [0.3, 0.4) is 0 Å². The first-order valence-electron chi connectivity index (χ1n) is 4.53. The fourth-order valence-electron chi connectivity index (χ4n) is 1.08. The molecule has 0 saturated heterocycles. The average Bonchev–Trinajstić information content (AvgIpc) is 2.29. The predicted molar refractivity (Wildman–Crippen MR) is 55.9 cm³/mol. The number of nitriles is 1. The van der Waals surface area contributed by atoms with E-state index in [4.69, 9.17) is 15.1 Å². The van der Waals surface area contributed by atoms with Crippen molar-refractivity contribution in [2.24, 2.45) is 0 Å². The fraction of sp³-hybridized carbons (Fsp3) is 0.300. The Balaban J connectivity index is 2.60. The van der Waals surface area contributed by atoms with Gasteiger partial charge in [-0.25, -0.2) is 9.78 Å². The largest absolute Gasteiger partial charge is 0.479 e. The van der Waals surface area contributed by atoms with E-state index in [1.807, 2.05) is 6.07 Å². The molecule has 1 heterocycles. The second-order valence-corrected chi connectivity index (χ2v) is 2.99. The summed E-state index contributed by atoms with van der Waals surface area (Å²) in [4.78, 5) is 14.4. The molecule has 1 atom stereocenters. The van der Waals surface area contributed by atoms with E-state index in [1.165, 1.54) is 19.4 Å². The second-order valence-electron chi connectivity index (χ2n) is 2.99. The van der Waals surface area contributed by atoms with Gasteiger partial charge in [0.2, 0.25) is 0 Å². The van der Waals surface area contributed by atoms with Gasteiger partial charge < -0.3 is 15.2 Å². The summed E-state index contributed by atoms with van der Waals surface area (Å²) < 4.78 is 4.75. The molecule has 84 valence electrons. The first kappa shape index (κ1) is 11.9. The molecule has 0 fully saturated rings. The summed E-state index contributed by atoms with van der Waals surface area (Å²) in [6.45, 7) is 0.126. The minimum Gasteiger partial charge on any atom is -0.479 e. The highest BCUT2D eigenvalue weighted by molar-refractivity contribution is 5.73. The molecule has 0 saturated carbocycles. The third kappa shape index (κ3) is 3.22. The number of carboxylic acid groups (broad SMARTS) is 1. The highest BCUT2D eigenvalue weighted by Gasteiger charge is 2.15. The van der Waals surface area contributed by atoms with E-state index >= 15 is 0 Å². The van der Waals surface area contributed by atoms with Crippen molar-refractivity contribution < 1.29 is 14.6 Å². The minimum atomic E-state index is -1.04. The lowest BCUT2D eigenvalue weighted by Gasteiger charge is -2.12. The van der Waals surface area contributed by atoms with Gasteiger partial charge >= 0.3 is 5.97 Å². The van der Waals surface area contributed by atoms with Gasteiger partial charge in [-0.15, -0.1) is 0 Å². The molecule has 1 aromatic rings. The maximum Gasteiger partial charge on any atom is 0.334 e. The Morgan fingerprint density at radius 3 is 3.12 bits per heavy atom. The molecule has 0 spiro atoms. The summed E-state index contributed by atoms with van der Waals surface area (Å²) in [6, 6.07) is 5.08. The van der Waals surface area contributed by atoms with E-state index in [0.717, 1.165) is 0 Å². The summed E-state index contributed by atoms with van der Waals surface area (Å²) in [5.74, 6) is -1.04. The summed E-state index contributed by atoms with van der Waals surface area (Å²) in [5, 5.41) is 20.2. The van der Waals surface area contributed by atoms with Crippen LogP contribution in [-0.4, -0.2) is 35.8 Å². The topological polar surface area (TPSA) is 95.2 Å². The first-order valence-corrected chi connectivity index (χ1v) is 4.53. The van der Waals surface area contributed by atoms with Crippen molar-refractivity contribution in [2.75, 3.05) is 19.0 Å². The van der Waals surface area contributed by atoms with E-state index in [2.05, 4.69) is 10.3 Å². The van der Waals surface area contributed by atoms with Crippen molar-refractivity contribution in [3.63, 3.8) is 0 Å². The van der Waals surface area contributed by atoms with Crippen molar-refractivity contribution in [3.05, 3.63) is 24.0 Å². The van der Waals surface area contributed by atoms with Crippen LogP contribution in [0.4, 0.5) is 5.69 Å². The molecule has 16 heavy (non-hydrogen) atoms. The number of hydrogen-bond donors (Lipinski definition) is 2. The molecule has 2 N–H and O–H groups in total. The smallest absolute Gasteiger partial charge is 0.334 e. The number of hydrogen-bond acceptors (Lipinski definition) is 5. The first-order chi connectivity index (χ1) is 7.67. The van der Waals surface area contributed by atoms with Gasteiger partial charge in [0.15, 0.2) is 6.10 Å². The standard InChI is InChI=1S/C10H11N3O3/c1-16-9(10(14)15)6-13-7-2-3-12-8(4-7)5-11/h2-4,9H,6H2,1H3,(H,12,13)(H,14,15). The van der Waals surface area contributed by atoms with Crippen LogP contribution in [0.2, 0.25) is 0 Å². The molecular weight excluding hydrogens is 210 g/mol. The van der Waals surface area contributed by atoms with Crippen LogP contribution in [0.1, 0.15) is 5.69 Å². The summed E-state index contributed by atoms with van der Waals surface area (Å²) in [5.41, 5.74) is 0.907. The number of aliphatic carboxylic acids is 1. The summed E-state index contributed by atoms with van der Waals surface area (Å²) >= 11 is 0. The van der Waals surface area contributed by atoms with Gasteiger partial charge in [0, 0.05) is 19.0 Å². The molecule has 0 bridgehead atoms. The highest BCUT2D eigenvalue weighted by atomic mass is 16.5. The van der Waals surface area contributed by atoms with Crippen molar-refractivity contribution in [1.29, 1.82) is 5.26 Å². The molecule has 1 unspecified atom stereocenters. The number of nitrogens with zero attached hydrogens (tertiary/aromatic N) is 2. The number of carbonyl (C=O) groups is 1. The normalized spacial score (nSPS) is 11.5. The second kappa shape index (κ2) is 5.68. The molecule has 1 aromatic heterocycles. The number of aromatic nitrogens is 1. The zero-order valence-corrected chi connectivity index (χ0v) is 8.67. The van der Waals surface area contributed by atoms with Crippen LogP contribution >= 0.6 is 0 Å². The van der Waals surface area contributed by atoms with Crippen molar-refractivity contribution in [3.8, 4) is 6.07 Å². The predicted octanol–water partition coefficient (Wildman–Crippen LogP) is 0.465. The van der Waals surface area contributed by atoms with Crippen LogP contribution in [0.15, 0.2) is 18.3 Å². The Hall–Kier alpha value is -2.13. The molecule has 6 nitrogen and oxygen atoms in total. The zero-order chi connectivity index (χ0) is 12.0. The van der Waals surface area contributed by atoms with Crippen LogP contribution in [-0.2, 0) is 9.53 Å². The van der Waals surface area contributed by atoms with Crippen LogP contribution in [0.25, 0.3) is 0 Å². The molecule has 6 heteroatoms. The number of carboxylic acids is 1. The van der Waals surface area contributed by atoms with Crippen LogP contribution in [0, 0.1) is 11.3 Å². The van der Waals surface area contributed by atoms with E-state index in [1.54, 1.807) is 6.07 Å². The van der Waals surface area contributed by atoms with Gasteiger partial charge in [-0.3, -0.25) is 0 Å². The quantitative estimate of drug-likeness (QED) is 0.750. The number of anilines is 1. The Morgan fingerprint density at radius 1 is 1.81 bits per heavy atom. The monoisotopic (exact) mass is 221 g/mol. The van der Waals surface area contributed by atoms with Gasteiger partial charge in [-0.2, -0.15) is 5.26 Å². The molecule has 0 aliphatic rings. The van der Waals surface area contributed by atoms with E-state index < -0.39 is 12.1 Å². The van der Waals surface area contributed by atoms with Gasteiger partial charge in [-0.05, 0) is 12.1 Å². The molecule has 0 radical (unpaired) electrons. The number of rotatable bonds is 5. The third-order valence-electron chi connectivity index (χ3n) is 1.93. The lowest BCUT2D eigenvalue weighted by Crippen LogP contribution is -2.30. The minimum absolute atomic E-state index is 0.126. The SMILES string of the molecule is COC(CNc1ccnc(C#N)c1)C(=O)O. The summed E-state index contributed by atoms with van der Waals surface area (Å²) in [6.07, 6.45) is 0.558.